The van der Waals surface area contributed by atoms with Gasteiger partial charge in [-0.1, -0.05) is 24.3 Å². The van der Waals surface area contributed by atoms with Gasteiger partial charge in [0.25, 0.3) is 0 Å². The zero-order valence-corrected chi connectivity index (χ0v) is 12.6. The van der Waals surface area contributed by atoms with E-state index in [1.807, 2.05) is 19.1 Å². The number of hydrogen-bond donors (Lipinski definition) is 3. The molecule has 4 nitrogen and oxygen atoms in total. The van der Waals surface area contributed by atoms with Crippen molar-refractivity contribution in [2.24, 2.45) is 0 Å². The molecule has 0 radical (unpaired) electrons. The van der Waals surface area contributed by atoms with E-state index in [1.165, 1.54) is 18.2 Å². The van der Waals surface area contributed by atoms with Crippen LogP contribution in [0.1, 0.15) is 24.2 Å². The molecule has 1 heterocycles. The molecule has 0 amide bonds. The number of aromatic nitrogens is 1. The van der Waals surface area contributed by atoms with E-state index in [-0.39, 0.29) is 22.7 Å². The van der Waals surface area contributed by atoms with Gasteiger partial charge in [0.1, 0.15) is 11.6 Å². The van der Waals surface area contributed by atoms with Crippen molar-refractivity contribution in [3.8, 4) is 5.75 Å². The van der Waals surface area contributed by atoms with Crippen LogP contribution in [-0.4, -0.2) is 10.1 Å². The van der Waals surface area contributed by atoms with E-state index in [0.29, 0.717) is 17.6 Å². The Balaban J connectivity index is 1.84. The molecule has 0 fully saturated rings. The summed E-state index contributed by atoms with van der Waals surface area (Å²) in [5.41, 5.74) is 1.36. The SMILES string of the molecule is C[C@H](NCc1cc(=O)c2cccc(F)c2[nH]1)c1ccccc1O. The van der Waals surface area contributed by atoms with Crippen molar-refractivity contribution in [3.05, 3.63) is 75.8 Å². The molecule has 0 aliphatic rings. The second kappa shape index (κ2) is 6.22. The Labute approximate surface area is 132 Å². The number of aromatic amines is 1. The van der Waals surface area contributed by atoms with Gasteiger partial charge in [-0.2, -0.15) is 0 Å². The molecule has 0 saturated heterocycles. The summed E-state index contributed by atoms with van der Waals surface area (Å²) < 4.78 is 13.8. The molecule has 118 valence electrons. The smallest absolute Gasteiger partial charge is 0.189 e. The van der Waals surface area contributed by atoms with Gasteiger partial charge in [-0.3, -0.25) is 4.79 Å². The summed E-state index contributed by atoms with van der Waals surface area (Å²) in [5, 5.41) is 13.4. The summed E-state index contributed by atoms with van der Waals surface area (Å²) in [6, 6.07) is 12.8. The monoisotopic (exact) mass is 312 g/mol. The van der Waals surface area contributed by atoms with Gasteiger partial charge >= 0.3 is 0 Å². The molecule has 0 unspecified atom stereocenters. The third-order valence-corrected chi connectivity index (χ3v) is 3.87. The van der Waals surface area contributed by atoms with E-state index in [4.69, 9.17) is 0 Å². The average molecular weight is 312 g/mol. The Bertz CT molecular complexity index is 905. The number of fused-ring (bicyclic) bond motifs is 1. The largest absolute Gasteiger partial charge is 0.508 e. The van der Waals surface area contributed by atoms with Crippen molar-refractivity contribution >= 4 is 10.9 Å². The first-order chi connectivity index (χ1) is 11.1. The first-order valence-corrected chi connectivity index (χ1v) is 7.38. The van der Waals surface area contributed by atoms with Crippen molar-refractivity contribution < 1.29 is 9.50 Å². The number of hydrogen-bond acceptors (Lipinski definition) is 3. The van der Waals surface area contributed by atoms with Crippen LogP contribution in [0.25, 0.3) is 10.9 Å². The second-order valence-corrected chi connectivity index (χ2v) is 5.48. The molecule has 1 aromatic heterocycles. The van der Waals surface area contributed by atoms with Gasteiger partial charge in [-0.05, 0) is 25.1 Å². The molecule has 23 heavy (non-hydrogen) atoms. The molecule has 0 saturated carbocycles. The Hall–Kier alpha value is -2.66. The Kier molecular flexibility index (Phi) is 4.12. The maximum absolute atomic E-state index is 13.8. The molecule has 0 aliphatic carbocycles. The van der Waals surface area contributed by atoms with Gasteiger partial charge in [-0.25, -0.2) is 4.39 Å². The van der Waals surface area contributed by atoms with Crippen LogP contribution in [0.4, 0.5) is 4.39 Å². The summed E-state index contributed by atoms with van der Waals surface area (Å²) in [4.78, 5) is 15.0. The number of phenols is 1. The molecular weight excluding hydrogens is 295 g/mol. The Morgan fingerprint density at radius 1 is 1.22 bits per heavy atom. The van der Waals surface area contributed by atoms with Gasteiger partial charge < -0.3 is 15.4 Å². The first-order valence-electron chi connectivity index (χ1n) is 7.38. The van der Waals surface area contributed by atoms with E-state index in [9.17, 15) is 14.3 Å². The molecule has 3 rings (SSSR count). The van der Waals surface area contributed by atoms with E-state index in [2.05, 4.69) is 10.3 Å². The van der Waals surface area contributed by atoms with Crippen LogP contribution in [-0.2, 0) is 6.54 Å². The number of para-hydroxylation sites is 2. The summed E-state index contributed by atoms with van der Waals surface area (Å²) in [6.07, 6.45) is 0. The summed E-state index contributed by atoms with van der Waals surface area (Å²) in [7, 11) is 0. The van der Waals surface area contributed by atoms with E-state index in [0.717, 1.165) is 5.56 Å². The minimum atomic E-state index is -0.449. The fourth-order valence-electron chi connectivity index (χ4n) is 2.61. The van der Waals surface area contributed by atoms with Crippen molar-refractivity contribution in [2.75, 3.05) is 0 Å². The zero-order valence-electron chi connectivity index (χ0n) is 12.6. The molecular formula is C18H17FN2O2. The highest BCUT2D eigenvalue weighted by atomic mass is 19.1. The maximum Gasteiger partial charge on any atom is 0.189 e. The summed E-state index contributed by atoms with van der Waals surface area (Å²) in [5.74, 6) is -0.235. The highest BCUT2D eigenvalue weighted by Crippen LogP contribution is 2.23. The standard InChI is InChI=1S/C18H17FN2O2/c1-11(13-5-2-3-8-16(13)22)20-10-12-9-17(23)14-6-4-7-15(19)18(14)21-12/h2-9,11,20,22H,10H2,1H3,(H,21,23)/t11-/m0/s1. The zero-order chi connectivity index (χ0) is 16.4. The van der Waals surface area contributed by atoms with Gasteiger partial charge in [0.2, 0.25) is 0 Å². The van der Waals surface area contributed by atoms with Crippen LogP contribution in [0.5, 0.6) is 5.75 Å². The number of phenolic OH excluding ortho intramolecular Hbond substituents is 1. The Morgan fingerprint density at radius 2 is 2.00 bits per heavy atom. The van der Waals surface area contributed by atoms with Crippen LogP contribution >= 0.6 is 0 Å². The normalized spacial score (nSPS) is 12.4. The number of pyridine rings is 1. The fraction of sp³-hybridized carbons (Fsp3) is 0.167. The summed E-state index contributed by atoms with van der Waals surface area (Å²) in [6.45, 7) is 2.27. The lowest BCUT2D eigenvalue weighted by atomic mass is 10.1. The van der Waals surface area contributed by atoms with E-state index >= 15 is 0 Å². The number of nitrogens with one attached hydrogen (secondary N) is 2. The molecule has 0 aliphatic heterocycles. The van der Waals surface area contributed by atoms with Crippen LogP contribution < -0.4 is 10.7 Å². The van der Waals surface area contributed by atoms with Crippen molar-refractivity contribution in [1.29, 1.82) is 0 Å². The van der Waals surface area contributed by atoms with Gasteiger partial charge in [0.15, 0.2) is 5.43 Å². The lowest BCUT2D eigenvalue weighted by Crippen LogP contribution is -2.20. The van der Waals surface area contributed by atoms with E-state index in [1.54, 1.807) is 18.2 Å². The number of H-pyrrole nitrogens is 1. The predicted octanol–water partition coefficient (Wildman–Crippen LogP) is 3.22. The van der Waals surface area contributed by atoms with Crippen molar-refractivity contribution in [1.82, 2.24) is 10.3 Å². The molecule has 2 aromatic carbocycles. The van der Waals surface area contributed by atoms with Crippen LogP contribution in [0.2, 0.25) is 0 Å². The van der Waals surface area contributed by atoms with Crippen molar-refractivity contribution in [2.45, 2.75) is 19.5 Å². The van der Waals surface area contributed by atoms with Crippen molar-refractivity contribution in [3.63, 3.8) is 0 Å². The maximum atomic E-state index is 13.8. The molecule has 0 spiro atoms. The van der Waals surface area contributed by atoms with Crippen LogP contribution in [0, 0.1) is 5.82 Å². The van der Waals surface area contributed by atoms with Gasteiger partial charge in [0, 0.05) is 35.3 Å². The Morgan fingerprint density at radius 3 is 2.78 bits per heavy atom. The topological polar surface area (TPSA) is 65.1 Å². The molecule has 3 aromatic rings. The lowest BCUT2D eigenvalue weighted by Gasteiger charge is -2.15. The lowest BCUT2D eigenvalue weighted by molar-refractivity contribution is 0.452. The number of halogens is 1. The third kappa shape index (κ3) is 3.10. The third-order valence-electron chi connectivity index (χ3n) is 3.87. The quantitative estimate of drug-likeness (QED) is 0.693. The highest BCUT2D eigenvalue weighted by molar-refractivity contribution is 5.78. The van der Waals surface area contributed by atoms with Crippen LogP contribution in [0.3, 0.4) is 0 Å². The molecule has 3 N–H and O–H groups in total. The minimum absolute atomic E-state index is 0.115. The highest BCUT2D eigenvalue weighted by Gasteiger charge is 2.10. The predicted molar refractivity (Wildman–Crippen MR) is 87.9 cm³/mol. The van der Waals surface area contributed by atoms with Crippen LogP contribution in [0.15, 0.2) is 53.3 Å². The fourth-order valence-corrected chi connectivity index (χ4v) is 2.61. The van der Waals surface area contributed by atoms with Gasteiger partial charge in [0.05, 0.1) is 5.52 Å². The number of aromatic hydroxyl groups is 1. The number of benzene rings is 2. The average Bonchev–Trinajstić information content (AvgIpc) is 2.54. The molecule has 5 heteroatoms. The first kappa shape index (κ1) is 15.2. The molecule has 1 atom stereocenters. The van der Waals surface area contributed by atoms with Gasteiger partial charge in [-0.15, -0.1) is 0 Å². The molecule has 0 bridgehead atoms. The van der Waals surface area contributed by atoms with E-state index < -0.39 is 5.82 Å². The summed E-state index contributed by atoms with van der Waals surface area (Å²) >= 11 is 0. The minimum Gasteiger partial charge on any atom is -0.508 e. The number of rotatable bonds is 4. The second-order valence-electron chi connectivity index (χ2n) is 5.48.